The van der Waals surface area contributed by atoms with Gasteiger partial charge in [-0.3, -0.25) is 0 Å². The molecule has 8 heteroatoms. The summed E-state index contributed by atoms with van der Waals surface area (Å²) in [6.07, 6.45) is 3.54. The second-order valence-corrected chi connectivity index (χ2v) is 8.23. The number of rotatable bonds is 10. The molecule has 1 aromatic carbocycles. The van der Waals surface area contributed by atoms with Crippen molar-refractivity contribution in [3.05, 3.63) is 54.0 Å². The van der Waals surface area contributed by atoms with E-state index in [4.69, 9.17) is 9.73 Å². The molecule has 1 unspecified atom stereocenters. The maximum absolute atomic E-state index is 14.0. The van der Waals surface area contributed by atoms with E-state index in [0.29, 0.717) is 25.5 Å². The fourth-order valence-corrected chi connectivity index (χ4v) is 3.63. The van der Waals surface area contributed by atoms with Crippen LogP contribution in [0.3, 0.4) is 0 Å². The maximum Gasteiger partial charge on any atom is 0.191 e. The number of nitrogens with zero attached hydrogens (tertiary/aromatic N) is 4. The standard InChI is InChI=1S/C24H35FN6O/c1-4-26-24(29-20-12-15-31(18-20)23-22(25)7-5-13-27-23)28-17-19-8-10-21(11-9-19)32-16-6-14-30(2)3/h5,7-11,13,20H,4,6,12,14-18H2,1-3H3,(H2,26,28,29). The van der Waals surface area contributed by atoms with Gasteiger partial charge in [0.05, 0.1) is 13.2 Å². The van der Waals surface area contributed by atoms with Gasteiger partial charge in [0, 0.05) is 38.4 Å². The minimum absolute atomic E-state index is 0.187. The van der Waals surface area contributed by atoms with E-state index in [0.717, 1.165) is 49.7 Å². The van der Waals surface area contributed by atoms with E-state index in [-0.39, 0.29) is 11.9 Å². The lowest BCUT2D eigenvalue weighted by molar-refractivity contribution is 0.281. The molecule has 0 radical (unpaired) electrons. The number of ether oxygens (including phenoxy) is 1. The molecule has 2 heterocycles. The van der Waals surface area contributed by atoms with E-state index in [1.54, 1.807) is 12.3 Å². The molecule has 0 amide bonds. The van der Waals surface area contributed by atoms with Crippen molar-refractivity contribution in [2.45, 2.75) is 32.4 Å². The minimum atomic E-state index is -0.279. The molecule has 174 valence electrons. The number of aromatic nitrogens is 1. The van der Waals surface area contributed by atoms with Gasteiger partial charge in [0.2, 0.25) is 0 Å². The zero-order valence-corrected chi connectivity index (χ0v) is 19.4. The predicted molar refractivity (Wildman–Crippen MR) is 128 cm³/mol. The Morgan fingerprint density at radius 2 is 2.09 bits per heavy atom. The molecular formula is C24H35FN6O. The number of pyridine rings is 1. The molecule has 1 fully saturated rings. The molecule has 2 aromatic rings. The topological polar surface area (TPSA) is 65.0 Å². The van der Waals surface area contributed by atoms with E-state index in [2.05, 4.69) is 46.7 Å². The number of anilines is 1. The van der Waals surface area contributed by atoms with E-state index in [1.165, 1.54) is 6.07 Å². The summed E-state index contributed by atoms with van der Waals surface area (Å²) in [6, 6.07) is 11.4. The van der Waals surface area contributed by atoms with Crippen LogP contribution in [0.2, 0.25) is 0 Å². The quantitative estimate of drug-likeness (QED) is 0.335. The fourth-order valence-electron chi connectivity index (χ4n) is 3.63. The first-order chi connectivity index (χ1) is 15.5. The molecule has 1 saturated heterocycles. The Bertz CT molecular complexity index is 858. The molecule has 1 aliphatic heterocycles. The first kappa shape index (κ1) is 23.8. The molecule has 3 rings (SSSR count). The van der Waals surface area contributed by atoms with Crippen molar-refractivity contribution in [1.29, 1.82) is 0 Å². The molecule has 0 spiro atoms. The lowest BCUT2D eigenvalue weighted by Gasteiger charge is -2.20. The highest BCUT2D eigenvalue weighted by Crippen LogP contribution is 2.20. The van der Waals surface area contributed by atoms with Crippen molar-refractivity contribution < 1.29 is 9.13 Å². The van der Waals surface area contributed by atoms with Gasteiger partial charge in [0.1, 0.15) is 5.75 Å². The Morgan fingerprint density at radius 1 is 1.28 bits per heavy atom. The van der Waals surface area contributed by atoms with Crippen LogP contribution in [0.4, 0.5) is 10.2 Å². The highest BCUT2D eigenvalue weighted by molar-refractivity contribution is 5.80. The molecule has 0 aliphatic carbocycles. The highest BCUT2D eigenvalue weighted by Gasteiger charge is 2.25. The second kappa shape index (κ2) is 12.2. The smallest absolute Gasteiger partial charge is 0.191 e. The third kappa shape index (κ3) is 7.37. The lowest BCUT2D eigenvalue weighted by Crippen LogP contribution is -2.44. The van der Waals surface area contributed by atoms with Gasteiger partial charge in [0.25, 0.3) is 0 Å². The van der Waals surface area contributed by atoms with Gasteiger partial charge in [-0.05, 0) is 63.7 Å². The molecule has 7 nitrogen and oxygen atoms in total. The van der Waals surface area contributed by atoms with Crippen LogP contribution in [0, 0.1) is 5.82 Å². The number of hydrogen-bond acceptors (Lipinski definition) is 5. The molecule has 1 aliphatic rings. The molecule has 32 heavy (non-hydrogen) atoms. The number of nitrogens with one attached hydrogen (secondary N) is 2. The summed E-state index contributed by atoms with van der Waals surface area (Å²) in [5.74, 6) is 1.79. The van der Waals surface area contributed by atoms with Crippen molar-refractivity contribution in [1.82, 2.24) is 20.5 Å². The van der Waals surface area contributed by atoms with Gasteiger partial charge in [-0.2, -0.15) is 0 Å². The second-order valence-electron chi connectivity index (χ2n) is 8.23. The summed E-state index contributed by atoms with van der Waals surface area (Å²) in [5.41, 5.74) is 1.12. The van der Waals surface area contributed by atoms with Crippen LogP contribution in [0.1, 0.15) is 25.3 Å². The van der Waals surface area contributed by atoms with Crippen molar-refractivity contribution in [2.24, 2.45) is 4.99 Å². The summed E-state index contributed by atoms with van der Waals surface area (Å²) < 4.78 is 19.8. The summed E-state index contributed by atoms with van der Waals surface area (Å²) in [4.78, 5) is 13.0. The largest absolute Gasteiger partial charge is 0.494 e. The third-order valence-electron chi connectivity index (χ3n) is 5.27. The molecular weight excluding hydrogens is 407 g/mol. The Labute approximate surface area is 190 Å². The van der Waals surface area contributed by atoms with Gasteiger partial charge in [-0.1, -0.05) is 12.1 Å². The Hall–Kier alpha value is -2.87. The van der Waals surface area contributed by atoms with Gasteiger partial charge < -0.3 is 25.2 Å². The lowest BCUT2D eigenvalue weighted by atomic mass is 10.2. The van der Waals surface area contributed by atoms with Crippen LogP contribution < -0.4 is 20.3 Å². The normalized spacial score (nSPS) is 16.5. The Morgan fingerprint density at radius 3 is 2.81 bits per heavy atom. The van der Waals surface area contributed by atoms with Crippen molar-refractivity contribution in [3.8, 4) is 5.75 Å². The highest BCUT2D eigenvalue weighted by atomic mass is 19.1. The molecule has 0 saturated carbocycles. The average molecular weight is 443 g/mol. The number of hydrogen-bond donors (Lipinski definition) is 2. The van der Waals surface area contributed by atoms with Gasteiger partial charge in [-0.15, -0.1) is 0 Å². The monoisotopic (exact) mass is 442 g/mol. The van der Waals surface area contributed by atoms with Crippen LogP contribution in [0.15, 0.2) is 47.6 Å². The van der Waals surface area contributed by atoms with Crippen molar-refractivity contribution in [3.63, 3.8) is 0 Å². The maximum atomic E-state index is 14.0. The molecule has 1 atom stereocenters. The molecule has 2 N–H and O–H groups in total. The first-order valence-electron chi connectivity index (χ1n) is 11.3. The van der Waals surface area contributed by atoms with Gasteiger partial charge in [-0.25, -0.2) is 14.4 Å². The Balaban J connectivity index is 1.50. The van der Waals surface area contributed by atoms with Gasteiger partial charge >= 0.3 is 0 Å². The third-order valence-corrected chi connectivity index (χ3v) is 5.27. The molecule has 1 aromatic heterocycles. The van der Waals surface area contributed by atoms with Crippen LogP contribution in [0.5, 0.6) is 5.75 Å². The van der Waals surface area contributed by atoms with Crippen LogP contribution in [0.25, 0.3) is 0 Å². The zero-order valence-electron chi connectivity index (χ0n) is 19.4. The van der Waals surface area contributed by atoms with E-state index >= 15 is 0 Å². The predicted octanol–water partition coefficient (Wildman–Crippen LogP) is 2.89. The number of benzene rings is 1. The fraction of sp³-hybridized carbons (Fsp3) is 0.500. The summed E-state index contributed by atoms with van der Waals surface area (Å²) in [7, 11) is 4.13. The van der Waals surface area contributed by atoms with E-state index in [9.17, 15) is 4.39 Å². The van der Waals surface area contributed by atoms with Crippen LogP contribution >= 0.6 is 0 Å². The van der Waals surface area contributed by atoms with Crippen molar-refractivity contribution in [2.75, 3.05) is 51.8 Å². The van der Waals surface area contributed by atoms with E-state index < -0.39 is 0 Å². The van der Waals surface area contributed by atoms with Crippen LogP contribution in [-0.2, 0) is 6.54 Å². The Kier molecular flexibility index (Phi) is 9.10. The average Bonchev–Trinajstić information content (AvgIpc) is 3.24. The van der Waals surface area contributed by atoms with E-state index in [1.807, 2.05) is 24.0 Å². The van der Waals surface area contributed by atoms with Gasteiger partial charge in [0.15, 0.2) is 17.6 Å². The SMILES string of the molecule is CCNC(=NCc1ccc(OCCCN(C)C)cc1)NC1CCN(c2ncccc2F)C1. The first-order valence-corrected chi connectivity index (χ1v) is 11.3. The van der Waals surface area contributed by atoms with Crippen LogP contribution in [-0.4, -0.2) is 68.8 Å². The summed E-state index contributed by atoms with van der Waals surface area (Å²) in [6.45, 7) is 6.58. The minimum Gasteiger partial charge on any atom is -0.494 e. The number of guanidine groups is 1. The summed E-state index contributed by atoms with van der Waals surface area (Å²) in [5, 5.41) is 6.78. The van der Waals surface area contributed by atoms with Crippen molar-refractivity contribution >= 4 is 11.8 Å². The number of halogens is 1. The molecule has 0 bridgehead atoms. The summed E-state index contributed by atoms with van der Waals surface area (Å²) >= 11 is 0. The number of aliphatic imine (C=N–C) groups is 1. The zero-order chi connectivity index (χ0) is 22.8.